The summed E-state index contributed by atoms with van der Waals surface area (Å²) in [6, 6.07) is 8.19. The molecule has 2 rings (SSSR count). The molecule has 0 spiro atoms. The van der Waals surface area contributed by atoms with E-state index in [9.17, 15) is 4.39 Å². The summed E-state index contributed by atoms with van der Waals surface area (Å²) in [5.74, 6) is 0.253. The Kier molecular flexibility index (Phi) is 3.52. The van der Waals surface area contributed by atoms with Gasteiger partial charge in [0.1, 0.15) is 24.0 Å². The second-order valence-corrected chi connectivity index (χ2v) is 3.74. The molecule has 18 heavy (non-hydrogen) atoms. The molecule has 4 nitrogen and oxygen atoms in total. The van der Waals surface area contributed by atoms with Gasteiger partial charge in [0.2, 0.25) is 0 Å². The van der Waals surface area contributed by atoms with E-state index in [-0.39, 0.29) is 18.3 Å². The molecule has 0 saturated carbocycles. The number of benzene rings is 1. The molecule has 2 aromatic rings. The van der Waals surface area contributed by atoms with Gasteiger partial charge >= 0.3 is 0 Å². The fourth-order valence-electron chi connectivity index (χ4n) is 1.43. The maximum Gasteiger partial charge on any atom is 0.141 e. The number of nitrogens with one attached hydrogen (secondary N) is 1. The quantitative estimate of drug-likeness (QED) is 0.640. The predicted molar refractivity (Wildman–Crippen MR) is 66.0 cm³/mol. The summed E-state index contributed by atoms with van der Waals surface area (Å²) in [5, 5.41) is 7.25. The first-order valence-electron chi connectivity index (χ1n) is 5.32. The van der Waals surface area contributed by atoms with E-state index in [4.69, 9.17) is 15.9 Å². The normalized spacial score (nSPS) is 10.1. The second-order valence-electron chi connectivity index (χ2n) is 3.74. The van der Waals surface area contributed by atoms with Crippen molar-refractivity contribution in [3.63, 3.8) is 0 Å². The third-order valence-corrected chi connectivity index (χ3v) is 2.33. The number of nitrogens with zero attached hydrogens (tertiary/aromatic N) is 1. The number of halogens is 1. The second kappa shape index (κ2) is 5.27. The van der Waals surface area contributed by atoms with Gasteiger partial charge in [0.05, 0.1) is 6.20 Å². The van der Waals surface area contributed by atoms with Crippen LogP contribution in [-0.2, 0) is 6.61 Å². The van der Waals surface area contributed by atoms with E-state index >= 15 is 0 Å². The van der Waals surface area contributed by atoms with Crippen LogP contribution in [0.25, 0.3) is 0 Å². The van der Waals surface area contributed by atoms with E-state index < -0.39 is 0 Å². The first kappa shape index (κ1) is 12.0. The molecule has 0 radical (unpaired) electrons. The highest BCUT2D eigenvalue weighted by atomic mass is 19.1. The zero-order chi connectivity index (χ0) is 13.0. The van der Waals surface area contributed by atoms with Crippen LogP contribution < -0.4 is 10.5 Å². The standard InChI is InChI=1S/C13H12FN3O/c14-11-5-9(6-17-7-11)8-18-12-3-1-10(2-4-12)13(15)16/h1-7H,8H2,(H3,15,16). The molecule has 1 aromatic carbocycles. The van der Waals surface area contributed by atoms with Crippen molar-refractivity contribution < 1.29 is 9.13 Å². The summed E-state index contributed by atoms with van der Waals surface area (Å²) in [5.41, 5.74) is 6.63. The lowest BCUT2D eigenvalue weighted by Gasteiger charge is -2.06. The first-order valence-corrected chi connectivity index (χ1v) is 5.32. The van der Waals surface area contributed by atoms with Gasteiger partial charge in [0.15, 0.2) is 0 Å². The van der Waals surface area contributed by atoms with E-state index in [1.807, 2.05) is 0 Å². The molecule has 0 bridgehead atoms. The minimum atomic E-state index is -0.386. The van der Waals surface area contributed by atoms with Gasteiger partial charge < -0.3 is 10.5 Å². The molecule has 0 aliphatic heterocycles. The Labute approximate surface area is 104 Å². The van der Waals surface area contributed by atoms with Crippen LogP contribution in [0.1, 0.15) is 11.1 Å². The summed E-state index contributed by atoms with van der Waals surface area (Å²) >= 11 is 0. The van der Waals surface area contributed by atoms with Crippen LogP contribution in [0, 0.1) is 11.2 Å². The van der Waals surface area contributed by atoms with Gasteiger partial charge in [-0.05, 0) is 30.3 Å². The number of nitrogen functional groups attached to an aromatic ring is 1. The smallest absolute Gasteiger partial charge is 0.141 e. The van der Waals surface area contributed by atoms with Gasteiger partial charge in [-0.15, -0.1) is 0 Å². The van der Waals surface area contributed by atoms with E-state index in [0.29, 0.717) is 16.9 Å². The Hall–Kier alpha value is -2.43. The molecule has 5 heteroatoms. The Morgan fingerprint density at radius 1 is 1.28 bits per heavy atom. The van der Waals surface area contributed by atoms with Crippen LogP contribution in [0.3, 0.4) is 0 Å². The number of aromatic nitrogens is 1. The van der Waals surface area contributed by atoms with Crippen molar-refractivity contribution >= 4 is 5.84 Å². The van der Waals surface area contributed by atoms with Crippen molar-refractivity contribution in [1.82, 2.24) is 4.98 Å². The highest BCUT2D eigenvalue weighted by Crippen LogP contribution is 2.14. The van der Waals surface area contributed by atoms with Crippen molar-refractivity contribution in [2.75, 3.05) is 0 Å². The zero-order valence-corrected chi connectivity index (χ0v) is 9.56. The Morgan fingerprint density at radius 2 is 2.00 bits per heavy atom. The van der Waals surface area contributed by atoms with Gasteiger partial charge in [0, 0.05) is 17.3 Å². The molecule has 1 aromatic heterocycles. The Morgan fingerprint density at radius 3 is 2.61 bits per heavy atom. The number of hydrogen-bond acceptors (Lipinski definition) is 3. The number of hydrogen-bond donors (Lipinski definition) is 2. The van der Waals surface area contributed by atoms with Crippen LogP contribution in [0.5, 0.6) is 5.75 Å². The van der Waals surface area contributed by atoms with Gasteiger partial charge in [-0.1, -0.05) is 0 Å². The molecule has 0 atom stereocenters. The summed E-state index contributed by atoms with van der Waals surface area (Å²) in [4.78, 5) is 3.73. The predicted octanol–water partition coefficient (Wildman–Crippen LogP) is 2.08. The monoisotopic (exact) mass is 245 g/mol. The van der Waals surface area contributed by atoms with E-state index in [2.05, 4.69) is 4.98 Å². The molecular weight excluding hydrogens is 233 g/mol. The molecule has 0 fully saturated rings. The molecule has 0 amide bonds. The Bertz CT molecular complexity index is 554. The fraction of sp³-hybridized carbons (Fsp3) is 0.0769. The highest BCUT2D eigenvalue weighted by molar-refractivity contribution is 5.94. The van der Waals surface area contributed by atoms with Gasteiger partial charge in [-0.2, -0.15) is 0 Å². The summed E-state index contributed by atoms with van der Waals surface area (Å²) in [6.07, 6.45) is 2.69. The molecule has 92 valence electrons. The number of nitrogens with two attached hydrogens (primary N) is 1. The lowest BCUT2D eigenvalue weighted by molar-refractivity contribution is 0.305. The molecule has 0 aliphatic carbocycles. The van der Waals surface area contributed by atoms with E-state index in [1.165, 1.54) is 6.07 Å². The maximum absolute atomic E-state index is 12.9. The topological polar surface area (TPSA) is 72.0 Å². The fourth-order valence-corrected chi connectivity index (χ4v) is 1.43. The van der Waals surface area contributed by atoms with Crippen molar-refractivity contribution in [3.05, 3.63) is 59.7 Å². The third kappa shape index (κ3) is 3.04. The SMILES string of the molecule is N=C(N)c1ccc(OCc2cncc(F)c2)cc1. The third-order valence-electron chi connectivity index (χ3n) is 2.33. The summed E-state index contributed by atoms with van der Waals surface area (Å²) < 4.78 is 18.3. The Balaban J connectivity index is 2.00. The highest BCUT2D eigenvalue weighted by Gasteiger charge is 2.00. The van der Waals surface area contributed by atoms with Crippen LogP contribution in [-0.4, -0.2) is 10.8 Å². The van der Waals surface area contributed by atoms with Gasteiger partial charge in [0.25, 0.3) is 0 Å². The summed E-state index contributed by atoms with van der Waals surface area (Å²) in [6.45, 7) is 0.240. The lowest BCUT2D eigenvalue weighted by Crippen LogP contribution is -2.10. The maximum atomic E-state index is 12.9. The molecule has 1 heterocycles. The van der Waals surface area contributed by atoms with Gasteiger partial charge in [-0.25, -0.2) is 4.39 Å². The van der Waals surface area contributed by atoms with Crippen LogP contribution >= 0.6 is 0 Å². The molecular formula is C13H12FN3O. The van der Waals surface area contributed by atoms with Crippen molar-refractivity contribution in [2.45, 2.75) is 6.61 Å². The molecule has 0 saturated heterocycles. The lowest BCUT2D eigenvalue weighted by atomic mass is 10.2. The minimum absolute atomic E-state index is 0.0101. The number of ether oxygens (including phenoxy) is 1. The van der Waals surface area contributed by atoms with Crippen molar-refractivity contribution in [1.29, 1.82) is 5.41 Å². The van der Waals surface area contributed by atoms with Crippen LogP contribution in [0.2, 0.25) is 0 Å². The average molecular weight is 245 g/mol. The van der Waals surface area contributed by atoms with Crippen LogP contribution in [0.15, 0.2) is 42.7 Å². The molecule has 3 N–H and O–H groups in total. The largest absolute Gasteiger partial charge is 0.489 e. The van der Waals surface area contributed by atoms with Crippen molar-refractivity contribution in [2.24, 2.45) is 5.73 Å². The number of rotatable bonds is 4. The summed E-state index contributed by atoms with van der Waals surface area (Å²) in [7, 11) is 0. The van der Waals surface area contributed by atoms with Crippen LogP contribution in [0.4, 0.5) is 4.39 Å². The number of pyridine rings is 1. The van der Waals surface area contributed by atoms with E-state index in [1.54, 1.807) is 30.5 Å². The molecule has 0 aliphatic rings. The minimum Gasteiger partial charge on any atom is -0.489 e. The van der Waals surface area contributed by atoms with E-state index in [0.717, 1.165) is 6.20 Å². The molecule has 0 unspecified atom stereocenters. The van der Waals surface area contributed by atoms with Gasteiger partial charge in [-0.3, -0.25) is 10.4 Å². The zero-order valence-electron chi connectivity index (χ0n) is 9.56. The first-order chi connectivity index (χ1) is 8.65. The average Bonchev–Trinajstić information content (AvgIpc) is 2.37. The number of amidine groups is 1. The van der Waals surface area contributed by atoms with Crippen molar-refractivity contribution in [3.8, 4) is 5.75 Å².